The number of piperazine rings is 1. The molecule has 0 saturated carbocycles. The lowest BCUT2D eigenvalue weighted by atomic mass is 9.84. The number of hydrogen-bond donors (Lipinski definition) is 0. The third-order valence-corrected chi connectivity index (χ3v) is 7.35. The molecule has 2 aromatic carbocycles. The minimum Gasteiger partial charge on any atom is -0.338 e. The first kappa shape index (κ1) is 26.8. The van der Waals surface area contributed by atoms with Crippen molar-refractivity contribution in [3.63, 3.8) is 0 Å². The van der Waals surface area contributed by atoms with Crippen LogP contribution >= 0.6 is 11.6 Å². The van der Waals surface area contributed by atoms with Crippen molar-refractivity contribution >= 4 is 17.5 Å². The highest BCUT2D eigenvalue weighted by atomic mass is 35.5. The lowest BCUT2D eigenvalue weighted by Gasteiger charge is -2.46. The van der Waals surface area contributed by atoms with Crippen LogP contribution in [-0.4, -0.2) is 73.0 Å². The predicted molar refractivity (Wildman–Crippen MR) is 124 cm³/mol. The third-order valence-electron chi connectivity index (χ3n) is 7.01. The number of rotatable bonds is 3. The predicted octanol–water partition coefficient (Wildman–Crippen LogP) is 5.62. The average molecular weight is 534 g/mol. The molecule has 0 aliphatic carbocycles. The molecule has 36 heavy (non-hydrogen) atoms. The Kier molecular flexibility index (Phi) is 7.60. The van der Waals surface area contributed by atoms with Gasteiger partial charge in [-0.15, -0.1) is 0 Å². The topological polar surface area (TPSA) is 26.8 Å². The van der Waals surface area contributed by atoms with E-state index in [1.165, 1.54) is 4.90 Å². The maximum absolute atomic E-state index is 13.3. The normalized spacial score (nSPS) is 22.6. The van der Waals surface area contributed by atoms with E-state index in [0.717, 1.165) is 31.7 Å². The molecular formula is C25H26ClF6N3O. The number of likely N-dealkylation sites (tertiary alicyclic amines) is 1. The lowest BCUT2D eigenvalue weighted by molar-refractivity contribution is -0.143. The summed E-state index contributed by atoms with van der Waals surface area (Å²) < 4.78 is 80.0. The third kappa shape index (κ3) is 5.81. The number of carbonyl (C=O) groups excluding carboxylic acids is 1. The standard InChI is InChI=1S/C25H26ClF6N3O/c1-33-8-10-34(11-9-33)22-6-7-35(15-20(22)19-4-2-3-5-21(19)26)23(36)16-12-17(24(27,28)29)14-18(13-16)25(30,31)32/h2-5,12-14,20,22H,6-11,15H2,1H3/t20-,22-/m1/s1. The zero-order valence-electron chi connectivity index (χ0n) is 19.5. The second kappa shape index (κ2) is 10.2. The Morgan fingerprint density at radius 1 is 0.889 bits per heavy atom. The first-order valence-corrected chi connectivity index (χ1v) is 12.0. The largest absolute Gasteiger partial charge is 0.416 e. The van der Waals surface area contributed by atoms with Crippen LogP contribution in [0.1, 0.15) is 39.4 Å². The summed E-state index contributed by atoms with van der Waals surface area (Å²) >= 11 is 6.49. The van der Waals surface area contributed by atoms with E-state index in [4.69, 9.17) is 11.6 Å². The Hall–Kier alpha value is -2.30. The zero-order valence-corrected chi connectivity index (χ0v) is 20.3. The van der Waals surface area contributed by atoms with Crippen LogP contribution in [0.3, 0.4) is 0 Å². The number of likely N-dealkylation sites (N-methyl/N-ethyl adjacent to an activating group) is 1. The molecule has 0 radical (unpaired) electrons. The molecular weight excluding hydrogens is 508 g/mol. The molecule has 0 spiro atoms. The Balaban J connectivity index is 1.66. The number of nitrogens with zero attached hydrogens (tertiary/aromatic N) is 3. The van der Waals surface area contributed by atoms with Crippen molar-refractivity contribution in [2.45, 2.75) is 30.7 Å². The van der Waals surface area contributed by atoms with Gasteiger partial charge in [0.25, 0.3) is 5.91 Å². The molecule has 2 aliphatic heterocycles. The number of amides is 1. The van der Waals surface area contributed by atoms with Crippen LogP contribution in [0, 0.1) is 0 Å². The highest BCUT2D eigenvalue weighted by Gasteiger charge is 2.40. The summed E-state index contributed by atoms with van der Waals surface area (Å²) in [7, 11) is 2.04. The minimum absolute atomic E-state index is 0.0307. The van der Waals surface area contributed by atoms with Gasteiger partial charge in [-0.2, -0.15) is 26.3 Å². The summed E-state index contributed by atoms with van der Waals surface area (Å²) in [5, 5.41) is 0.509. The molecule has 11 heteroatoms. The van der Waals surface area contributed by atoms with Gasteiger partial charge in [0.05, 0.1) is 11.1 Å². The van der Waals surface area contributed by atoms with E-state index in [0.29, 0.717) is 23.6 Å². The number of benzene rings is 2. The fraction of sp³-hybridized carbons (Fsp3) is 0.480. The fourth-order valence-corrected chi connectivity index (χ4v) is 5.33. The first-order valence-electron chi connectivity index (χ1n) is 11.6. The van der Waals surface area contributed by atoms with Gasteiger partial charge >= 0.3 is 12.4 Å². The molecule has 2 heterocycles. The second-order valence-corrected chi connectivity index (χ2v) is 9.78. The van der Waals surface area contributed by atoms with Gasteiger partial charge in [-0.25, -0.2) is 0 Å². The van der Waals surface area contributed by atoms with Crippen LogP contribution in [0.15, 0.2) is 42.5 Å². The van der Waals surface area contributed by atoms with Gasteiger partial charge in [-0.3, -0.25) is 9.69 Å². The van der Waals surface area contributed by atoms with Crippen molar-refractivity contribution in [2.75, 3.05) is 46.3 Å². The van der Waals surface area contributed by atoms with Crippen LogP contribution in [0.2, 0.25) is 5.02 Å². The van der Waals surface area contributed by atoms with Crippen molar-refractivity contribution in [3.8, 4) is 0 Å². The smallest absolute Gasteiger partial charge is 0.338 e. The summed E-state index contributed by atoms with van der Waals surface area (Å²) in [4.78, 5) is 19.2. The van der Waals surface area contributed by atoms with Gasteiger partial charge in [-0.1, -0.05) is 29.8 Å². The molecule has 0 unspecified atom stereocenters. The monoisotopic (exact) mass is 533 g/mol. The SMILES string of the molecule is CN1CCN([C@@H]2CCN(C(=O)c3cc(C(F)(F)F)cc(C(F)(F)F)c3)C[C@@H]2c2ccccc2Cl)CC1. The van der Waals surface area contributed by atoms with Crippen LogP contribution in [0.4, 0.5) is 26.3 Å². The van der Waals surface area contributed by atoms with Gasteiger partial charge < -0.3 is 9.80 Å². The average Bonchev–Trinajstić information content (AvgIpc) is 2.83. The highest BCUT2D eigenvalue weighted by Crippen LogP contribution is 2.38. The van der Waals surface area contributed by atoms with E-state index in [-0.39, 0.29) is 31.1 Å². The molecule has 0 bridgehead atoms. The van der Waals surface area contributed by atoms with Gasteiger partial charge in [0, 0.05) is 61.8 Å². The molecule has 0 N–H and O–H groups in total. The molecule has 2 aromatic rings. The van der Waals surface area contributed by atoms with Crippen molar-refractivity contribution in [3.05, 3.63) is 69.7 Å². The Bertz CT molecular complexity index is 1070. The number of carbonyl (C=O) groups is 1. The van der Waals surface area contributed by atoms with Gasteiger partial charge in [0.15, 0.2) is 0 Å². The van der Waals surface area contributed by atoms with Crippen LogP contribution < -0.4 is 0 Å². The van der Waals surface area contributed by atoms with E-state index in [1.54, 1.807) is 12.1 Å². The summed E-state index contributed by atoms with van der Waals surface area (Å²) in [5.41, 5.74) is -2.83. The Morgan fingerprint density at radius 2 is 1.47 bits per heavy atom. The number of piperidine rings is 1. The molecule has 4 rings (SSSR count). The second-order valence-electron chi connectivity index (χ2n) is 9.37. The van der Waals surface area contributed by atoms with E-state index < -0.39 is 35.0 Å². The van der Waals surface area contributed by atoms with Crippen LogP contribution in [0.25, 0.3) is 0 Å². The van der Waals surface area contributed by atoms with Crippen LogP contribution in [-0.2, 0) is 12.4 Å². The maximum Gasteiger partial charge on any atom is 0.416 e. The van der Waals surface area contributed by atoms with E-state index >= 15 is 0 Å². The van der Waals surface area contributed by atoms with Crippen molar-refractivity contribution < 1.29 is 31.1 Å². The molecule has 2 saturated heterocycles. The summed E-state index contributed by atoms with van der Waals surface area (Å²) in [6.07, 6.45) is -9.52. The minimum atomic E-state index is -5.02. The number of hydrogen-bond acceptors (Lipinski definition) is 3. The Labute approximate surface area is 210 Å². The Morgan fingerprint density at radius 3 is 2.03 bits per heavy atom. The quantitative estimate of drug-likeness (QED) is 0.479. The lowest BCUT2D eigenvalue weighted by Crippen LogP contribution is -2.56. The summed E-state index contributed by atoms with van der Waals surface area (Å²) in [5.74, 6) is -1.10. The molecule has 2 fully saturated rings. The fourth-order valence-electron chi connectivity index (χ4n) is 5.06. The van der Waals surface area contributed by atoms with Crippen molar-refractivity contribution in [1.82, 2.24) is 14.7 Å². The zero-order chi connectivity index (χ0) is 26.3. The molecule has 1 amide bonds. The van der Waals surface area contributed by atoms with Crippen LogP contribution in [0.5, 0.6) is 0 Å². The highest BCUT2D eigenvalue weighted by molar-refractivity contribution is 6.31. The van der Waals surface area contributed by atoms with E-state index in [2.05, 4.69) is 9.80 Å². The van der Waals surface area contributed by atoms with E-state index in [9.17, 15) is 31.1 Å². The number of alkyl halides is 6. The maximum atomic E-state index is 13.3. The van der Waals surface area contributed by atoms with Gasteiger partial charge in [0.1, 0.15) is 0 Å². The van der Waals surface area contributed by atoms with Crippen molar-refractivity contribution in [2.24, 2.45) is 0 Å². The molecule has 2 aliphatic rings. The van der Waals surface area contributed by atoms with Gasteiger partial charge in [-0.05, 0) is 43.3 Å². The molecule has 0 aromatic heterocycles. The molecule has 4 nitrogen and oxygen atoms in total. The van der Waals surface area contributed by atoms with E-state index in [1.807, 2.05) is 19.2 Å². The first-order chi connectivity index (χ1) is 16.8. The summed E-state index contributed by atoms with van der Waals surface area (Å²) in [6, 6.07) is 8.26. The molecule has 196 valence electrons. The number of halogens is 7. The van der Waals surface area contributed by atoms with Crippen molar-refractivity contribution in [1.29, 1.82) is 0 Å². The summed E-state index contributed by atoms with van der Waals surface area (Å²) in [6.45, 7) is 3.74. The van der Waals surface area contributed by atoms with Gasteiger partial charge in [0.2, 0.25) is 0 Å². The molecule has 2 atom stereocenters.